The Hall–Kier alpha value is -0.300. The van der Waals surface area contributed by atoms with E-state index in [1.807, 2.05) is 6.08 Å². The molecule has 0 aliphatic rings. The molecule has 0 aromatic carbocycles. The first-order valence-corrected chi connectivity index (χ1v) is 13.7. The maximum Gasteiger partial charge on any atom is -0.00488 e. The van der Waals surface area contributed by atoms with Crippen LogP contribution in [0.4, 0.5) is 0 Å². The molecule has 0 aromatic heterocycles. The van der Waals surface area contributed by atoms with Crippen LogP contribution in [0.2, 0.25) is 0 Å². The number of unbranched alkanes of at least 4 members (excludes halogenated alkanes) is 21. The molecule has 0 amide bonds. The molecule has 0 fully saturated rings. The van der Waals surface area contributed by atoms with E-state index >= 15 is 0 Å². The molecule has 0 rings (SSSR count). The van der Waals surface area contributed by atoms with Gasteiger partial charge in [0, 0.05) is 0 Å². The smallest absolute Gasteiger partial charge is 0.00488 e. The van der Waals surface area contributed by atoms with E-state index in [1.165, 1.54) is 161 Å². The summed E-state index contributed by atoms with van der Waals surface area (Å²) < 4.78 is 0. The molecule has 0 spiro atoms. The van der Waals surface area contributed by atoms with E-state index < -0.39 is 0 Å². The standard InChI is InChI=1S/C28H57N/c1-3-5-7-9-10-11-12-13-14-15-16-17-18-19-20-21-22-23-24-26-28-29-27-25-8-6-4-2/h4,29H,2-3,5-28H2,1H3. The minimum atomic E-state index is 1.17. The molecule has 174 valence electrons. The Morgan fingerprint density at radius 2 is 0.759 bits per heavy atom. The molecule has 0 radical (unpaired) electrons. The normalized spacial score (nSPS) is 11.2. The van der Waals surface area contributed by atoms with Gasteiger partial charge >= 0.3 is 0 Å². The van der Waals surface area contributed by atoms with Gasteiger partial charge in [0.1, 0.15) is 0 Å². The minimum absolute atomic E-state index is 1.17. The highest BCUT2D eigenvalue weighted by Crippen LogP contribution is 2.14. The summed E-state index contributed by atoms with van der Waals surface area (Å²) in [6.07, 6.45) is 35.0. The van der Waals surface area contributed by atoms with Gasteiger partial charge in [-0.3, -0.25) is 0 Å². The van der Waals surface area contributed by atoms with Crippen LogP contribution in [0, 0.1) is 0 Å². The van der Waals surface area contributed by atoms with E-state index in [4.69, 9.17) is 0 Å². The monoisotopic (exact) mass is 407 g/mol. The molecule has 0 atom stereocenters. The van der Waals surface area contributed by atoms with Gasteiger partial charge in [0.05, 0.1) is 0 Å². The van der Waals surface area contributed by atoms with Crippen LogP contribution in [0.1, 0.15) is 155 Å². The van der Waals surface area contributed by atoms with E-state index in [9.17, 15) is 0 Å². The summed E-state index contributed by atoms with van der Waals surface area (Å²) in [4.78, 5) is 0. The van der Waals surface area contributed by atoms with Crippen molar-refractivity contribution in [1.82, 2.24) is 5.32 Å². The number of hydrogen-bond acceptors (Lipinski definition) is 1. The van der Waals surface area contributed by atoms with Gasteiger partial charge < -0.3 is 5.32 Å². The van der Waals surface area contributed by atoms with Crippen molar-refractivity contribution in [1.29, 1.82) is 0 Å². The van der Waals surface area contributed by atoms with Gasteiger partial charge in [0.2, 0.25) is 0 Å². The maximum atomic E-state index is 3.77. The number of allylic oxidation sites excluding steroid dienone is 1. The van der Waals surface area contributed by atoms with Gasteiger partial charge in [-0.15, -0.1) is 6.58 Å². The van der Waals surface area contributed by atoms with Crippen molar-refractivity contribution < 1.29 is 0 Å². The highest BCUT2D eigenvalue weighted by Gasteiger charge is 1.95. The van der Waals surface area contributed by atoms with Crippen LogP contribution in [0.3, 0.4) is 0 Å². The summed E-state index contributed by atoms with van der Waals surface area (Å²) in [5, 5.41) is 3.57. The minimum Gasteiger partial charge on any atom is -0.317 e. The molecular formula is C28H57N. The fourth-order valence-electron chi connectivity index (χ4n) is 4.17. The molecule has 0 aliphatic carbocycles. The molecule has 29 heavy (non-hydrogen) atoms. The fraction of sp³-hybridized carbons (Fsp3) is 0.929. The first-order chi connectivity index (χ1) is 14.4. The zero-order chi connectivity index (χ0) is 21.1. The average Bonchev–Trinajstić information content (AvgIpc) is 2.74. The second-order valence-electron chi connectivity index (χ2n) is 9.25. The van der Waals surface area contributed by atoms with E-state index in [1.54, 1.807) is 0 Å². The van der Waals surface area contributed by atoms with Crippen molar-refractivity contribution in [2.24, 2.45) is 0 Å². The molecule has 0 bridgehead atoms. The first kappa shape index (κ1) is 28.7. The van der Waals surface area contributed by atoms with E-state index in [2.05, 4.69) is 18.8 Å². The van der Waals surface area contributed by atoms with Gasteiger partial charge in [-0.25, -0.2) is 0 Å². The maximum absolute atomic E-state index is 3.77. The number of rotatable bonds is 26. The van der Waals surface area contributed by atoms with Crippen molar-refractivity contribution in [3.8, 4) is 0 Å². The molecule has 0 saturated heterocycles. The Morgan fingerprint density at radius 3 is 1.10 bits per heavy atom. The SMILES string of the molecule is C=CCCCCNCCCCCCCCCCCCCCCCCCCCCC. The summed E-state index contributed by atoms with van der Waals surface area (Å²) in [7, 11) is 0. The van der Waals surface area contributed by atoms with Gasteiger partial charge in [0.25, 0.3) is 0 Å². The van der Waals surface area contributed by atoms with Crippen molar-refractivity contribution in [2.75, 3.05) is 13.1 Å². The summed E-state index contributed by atoms with van der Waals surface area (Å²) in [5.74, 6) is 0. The van der Waals surface area contributed by atoms with Crippen LogP contribution in [0.5, 0.6) is 0 Å². The van der Waals surface area contributed by atoms with Crippen molar-refractivity contribution in [3.05, 3.63) is 12.7 Å². The van der Waals surface area contributed by atoms with Crippen LogP contribution in [-0.4, -0.2) is 13.1 Å². The summed E-state index contributed by atoms with van der Waals surface area (Å²) in [5.41, 5.74) is 0. The van der Waals surface area contributed by atoms with Crippen LogP contribution < -0.4 is 5.32 Å². The Bertz CT molecular complexity index is 286. The second-order valence-corrected chi connectivity index (χ2v) is 9.25. The number of nitrogens with one attached hydrogen (secondary N) is 1. The van der Waals surface area contributed by atoms with Crippen LogP contribution in [-0.2, 0) is 0 Å². The predicted octanol–water partition coefficient (Wildman–Crippen LogP) is 9.75. The van der Waals surface area contributed by atoms with Crippen molar-refractivity contribution >= 4 is 0 Å². The highest BCUT2D eigenvalue weighted by molar-refractivity contribution is 4.65. The van der Waals surface area contributed by atoms with Gasteiger partial charge in [-0.2, -0.15) is 0 Å². The molecule has 1 nitrogen and oxygen atoms in total. The van der Waals surface area contributed by atoms with E-state index in [0.29, 0.717) is 0 Å². The summed E-state index contributed by atoms with van der Waals surface area (Å²) in [6, 6.07) is 0. The molecular weight excluding hydrogens is 350 g/mol. The largest absolute Gasteiger partial charge is 0.317 e. The van der Waals surface area contributed by atoms with Gasteiger partial charge in [-0.05, 0) is 38.8 Å². The lowest BCUT2D eigenvalue weighted by Gasteiger charge is -2.05. The Morgan fingerprint density at radius 1 is 0.448 bits per heavy atom. The lowest BCUT2D eigenvalue weighted by molar-refractivity contribution is 0.518. The topological polar surface area (TPSA) is 12.0 Å². The zero-order valence-electron chi connectivity index (χ0n) is 20.5. The third-order valence-electron chi connectivity index (χ3n) is 6.22. The highest BCUT2D eigenvalue weighted by atomic mass is 14.8. The fourth-order valence-corrected chi connectivity index (χ4v) is 4.17. The molecule has 0 aromatic rings. The average molecular weight is 408 g/mol. The Kier molecular flexibility index (Phi) is 27.4. The Labute approximate surface area is 185 Å². The quantitative estimate of drug-likeness (QED) is 0.111. The molecule has 0 saturated carbocycles. The zero-order valence-corrected chi connectivity index (χ0v) is 20.5. The molecule has 0 heterocycles. The van der Waals surface area contributed by atoms with Crippen molar-refractivity contribution in [3.63, 3.8) is 0 Å². The van der Waals surface area contributed by atoms with E-state index in [0.717, 1.165) is 0 Å². The van der Waals surface area contributed by atoms with Gasteiger partial charge in [0.15, 0.2) is 0 Å². The van der Waals surface area contributed by atoms with Crippen LogP contribution >= 0.6 is 0 Å². The Balaban J connectivity index is 2.97. The van der Waals surface area contributed by atoms with Crippen molar-refractivity contribution in [2.45, 2.75) is 155 Å². The lowest BCUT2D eigenvalue weighted by Crippen LogP contribution is -2.16. The van der Waals surface area contributed by atoms with Gasteiger partial charge in [-0.1, -0.05) is 135 Å². The second kappa shape index (κ2) is 27.7. The third-order valence-corrected chi connectivity index (χ3v) is 6.22. The number of hydrogen-bond donors (Lipinski definition) is 1. The van der Waals surface area contributed by atoms with E-state index in [-0.39, 0.29) is 0 Å². The van der Waals surface area contributed by atoms with Crippen LogP contribution in [0.25, 0.3) is 0 Å². The molecule has 1 heteroatoms. The summed E-state index contributed by atoms with van der Waals surface area (Å²) >= 11 is 0. The lowest BCUT2D eigenvalue weighted by atomic mass is 10.0. The first-order valence-electron chi connectivity index (χ1n) is 13.7. The molecule has 1 N–H and O–H groups in total. The summed E-state index contributed by atoms with van der Waals surface area (Å²) in [6.45, 7) is 8.47. The molecule has 0 unspecified atom stereocenters. The third kappa shape index (κ3) is 27.7. The predicted molar refractivity (Wildman–Crippen MR) is 135 cm³/mol. The molecule has 0 aliphatic heterocycles. The van der Waals surface area contributed by atoms with Crippen LogP contribution in [0.15, 0.2) is 12.7 Å².